The van der Waals surface area contributed by atoms with E-state index in [1.54, 1.807) is 0 Å². The smallest absolute Gasteiger partial charge is 0.0306 e. The molecule has 0 unspecified atom stereocenters. The van der Waals surface area contributed by atoms with Gasteiger partial charge < -0.3 is 5.73 Å². The van der Waals surface area contributed by atoms with E-state index in [-0.39, 0.29) is 5.41 Å². The summed E-state index contributed by atoms with van der Waals surface area (Å²) in [5.74, 6) is 0. The Balaban J connectivity index is 1.84. The van der Waals surface area contributed by atoms with Crippen LogP contribution in [0.15, 0.2) is 24.5 Å². The Labute approximate surface area is 90.9 Å². The molecule has 2 aliphatic carbocycles. The second-order valence-corrected chi connectivity index (χ2v) is 5.43. The highest BCUT2D eigenvalue weighted by Gasteiger charge is 2.56. The SMILES string of the molecule is NCC1(c2cccnc2)CC2(CCC2)C1. The van der Waals surface area contributed by atoms with E-state index in [4.69, 9.17) is 5.73 Å². The van der Waals surface area contributed by atoms with Gasteiger partial charge in [0.15, 0.2) is 0 Å². The molecule has 15 heavy (non-hydrogen) atoms. The molecule has 1 aromatic heterocycles. The van der Waals surface area contributed by atoms with Gasteiger partial charge in [-0.1, -0.05) is 12.5 Å². The summed E-state index contributed by atoms with van der Waals surface area (Å²) in [6.07, 6.45) is 10.7. The van der Waals surface area contributed by atoms with Gasteiger partial charge in [-0.25, -0.2) is 0 Å². The minimum absolute atomic E-state index is 0.259. The molecule has 0 aromatic carbocycles. The van der Waals surface area contributed by atoms with Crippen LogP contribution in [-0.2, 0) is 5.41 Å². The van der Waals surface area contributed by atoms with Crippen LogP contribution in [0.5, 0.6) is 0 Å². The third-order valence-corrected chi connectivity index (χ3v) is 4.51. The van der Waals surface area contributed by atoms with Crippen LogP contribution >= 0.6 is 0 Å². The van der Waals surface area contributed by atoms with Crippen LogP contribution in [0.4, 0.5) is 0 Å². The Bertz CT molecular complexity index is 346. The first-order chi connectivity index (χ1) is 7.29. The molecule has 0 aliphatic heterocycles. The van der Waals surface area contributed by atoms with Crippen molar-refractivity contribution in [2.45, 2.75) is 37.5 Å². The lowest BCUT2D eigenvalue weighted by atomic mass is 9.44. The summed E-state index contributed by atoms with van der Waals surface area (Å²) in [6.45, 7) is 0.778. The lowest BCUT2D eigenvalue weighted by Crippen LogP contribution is -2.56. The highest BCUT2D eigenvalue weighted by Crippen LogP contribution is 2.64. The number of pyridine rings is 1. The number of nitrogens with zero attached hydrogens (tertiary/aromatic N) is 1. The standard InChI is InChI=1S/C13H18N2/c14-10-13(11-3-1-6-15-7-11)8-12(9-13)4-2-5-12/h1,3,6-7H,2,4-5,8-10,14H2. The fraction of sp³-hybridized carbons (Fsp3) is 0.615. The molecule has 2 saturated carbocycles. The first-order valence-corrected chi connectivity index (χ1v) is 5.89. The molecule has 1 heterocycles. The second-order valence-electron chi connectivity index (χ2n) is 5.43. The van der Waals surface area contributed by atoms with Crippen LogP contribution in [0, 0.1) is 5.41 Å². The van der Waals surface area contributed by atoms with E-state index in [9.17, 15) is 0 Å². The highest BCUT2D eigenvalue weighted by molar-refractivity contribution is 5.30. The van der Waals surface area contributed by atoms with Crippen LogP contribution in [0.1, 0.15) is 37.7 Å². The van der Waals surface area contributed by atoms with Gasteiger partial charge in [0.1, 0.15) is 0 Å². The maximum atomic E-state index is 5.97. The van der Waals surface area contributed by atoms with Gasteiger partial charge in [-0.2, -0.15) is 0 Å². The Kier molecular flexibility index (Phi) is 1.90. The van der Waals surface area contributed by atoms with Crippen LogP contribution in [0.2, 0.25) is 0 Å². The molecular formula is C13H18N2. The van der Waals surface area contributed by atoms with E-state index in [0.717, 1.165) is 6.54 Å². The zero-order valence-corrected chi connectivity index (χ0v) is 9.08. The number of aromatic nitrogens is 1. The fourth-order valence-electron chi connectivity index (χ4n) is 3.56. The Morgan fingerprint density at radius 2 is 2.13 bits per heavy atom. The summed E-state index contributed by atoms with van der Waals surface area (Å²) in [5.41, 5.74) is 8.26. The second kappa shape index (κ2) is 3.05. The summed E-state index contributed by atoms with van der Waals surface area (Å²) in [4.78, 5) is 4.22. The third kappa shape index (κ3) is 1.24. The lowest BCUT2D eigenvalue weighted by Gasteiger charge is -2.61. The van der Waals surface area contributed by atoms with E-state index >= 15 is 0 Å². The molecule has 2 heteroatoms. The first-order valence-electron chi connectivity index (χ1n) is 5.89. The zero-order chi connectivity index (χ0) is 10.4. The molecule has 2 fully saturated rings. The van der Waals surface area contributed by atoms with Crippen LogP contribution in [0.25, 0.3) is 0 Å². The minimum atomic E-state index is 0.259. The molecule has 0 amide bonds. The van der Waals surface area contributed by atoms with Crippen molar-refractivity contribution in [3.05, 3.63) is 30.1 Å². The van der Waals surface area contributed by atoms with Crippen molar-refractivity contribution in [3.63, 3.8) is 0 Å². The normalized spacial score (nSPS) is 25.7. The fourth-order valence-corrected chi connectivity index (χ4v) is 3.56. The first kappa shape index (κ1) is 9.34. The number of rotatable bonds is 2. The van der Waals surface area contributed by atoms with Crippen molar-refractivity contribution in [1.29, 1.82) is 0 Å². The summed E-state index contributed by atoms with van der Waals surface area (Å²) < 4.78 is 0. The van der Waals surface area contributed by atoms with E-state index in [0.29, 0.717) is 5.41 Å². The summed E-state index contributed by atoms with van der Waals surface area (Å²) in [6, 6.07) is 4.21. The molecular weight excluding hydrogens is 184 g/mol. The number of hydrogen-bond donors (Lipinski definition) is 1. The van der Waals surface area contributed by atoms with Crippen molar-refractivity contribution in [1.82, 2.24) is 4.98 Å². The number of hydrogen-bond acceptors (Lipinski definition) is 2. The monoisotopic (exact) mass is 202 g/mol. The molecule has 1 aromatic rings. The maximum Gasteiger partial charge on any atom is 0.0306 e. The van der Waals surface area contributed by atoms with Gasteiger partial charge in [0.2, 0.25) is 0 Å². The molecule has 2 aliphatic rings. The predicted molar refractivity (Wildman–Crippen MR) is 60.5 cm³/mol. The van der Waals surface area contributed by atoms with Gasteiger partial charge in [-0.15, -0.1) is 0 Å². The van der Waals surface area contributed by atoms with Crippen LogP contribution < -0.4 is 5.73 Å². The summed E-state index contributed by atoms with van der Waals surface area (Å²) in [7, 11) is 0. The van der Waals surface area contributed by atoms with Crippen molar-refractivity contribution in [2.24, 2.45) is 11.1 Å². The van der Waals surface area contributed by atoms with Gasteiger partial charge in [0.05, 0.1) is 0 Å². The average molecular weight is 202 g/mol. The van der Waals surface area contributed by atoms with Crippen molar-refractivity contribution >= 4 is 0 Å². The molecule has 0 atom stereocenters. The van der Waals surface area contributed by atoms with Crippen molar-refractivity contribution in [3.8, 4) is 0 Å². The van der Waals surface area contributed by atoms with Gasteiger partial charge in [-0.05, 0) is 42.7 Å². The number of nitrogens with two attached hydrogens (primary N) is 1. The molecule has 3 rings (SSSR count). The molecule has 1 spiro atoms. The van der Waals surface area contributed by atoms with E-state index in [1.807, 2.05) is 18.5 Å². The van der Waals surface area contributed by atoms with Gasteiger partial charge >= 0.3 is 0 Å². The van der Waals surface area contributed by atoms with Crippen LogP contribution in [-0.4, -0.2) is 11.5 Å². The summed E-state index contributed by atoms with van der Waals surface area (Å²) in [5, 5.41) is 0. The van der Waals surface area contributed by atoms with E-state index in [2.05, 4.69) is 11.1 Å². The third-order valence-electron chi connectivity index (χ3n) is 4.51. The molecule has 80 valence electrons. The van der Waals surface area contributed by atoms with Gasteiger partial charge in [0.25, 0.3) is 0 Å². The lowest BCUT2D eigenvalue weighted by molar-refractivity contribution is -0.0448. The molecule has 0 bridgehead atoms. The quantitative estimate of drug-likeness (QED) is 0.798. The Morgan fingerprint density at radius 3 is 2.60 bits per heavy atom. The Hall–Kier alpha value is -0.890. The largest absolute Gasteiger partial charge is 0.330 e. The molecule has 0 radical (unpaired) electrons. The molecule has 2 N–H and O–H groups in total. The van der Waals surface area contributed by atoms with Gasteiger partial charge in [0, 0.05) is 24.4 Å². The average Bonchev–Trinajstić information content (AvgIpc) is 2.17. The van der Waals surface area contributed by atoms with Crippen molar-refractivity contribution < 1.29 is 0 Å². The van der Waals surface area contributed by atoms with E-state index in [1.165, 1.54) is 37.7 Å². The molecule has 0 saturated heterocycles. The highest BCUT2D eigenvalue weighted by atomic mass is 14.7. The van der Waals surface area contributed by atoms with Crippen LogP contribution in [0.3, 0.4) is 0 Å². The van der Waals surface area contributed by atoms with Gasteiger partial charge in [-0.3, -0.25) is 4.98 Å². The minimum Gasteiger partial charge on any atom is -0.330 e. The van der Waals surface area contributed by atoms with Crippen molar-refractivity contribution in [2.75, 3.05) is 6.54 Å². The zero-order valence-electron chi connectivity index (χ0n) is 9.08. The topological polar surface area (TPSA) is 38.9 Å². The van der Waals surface area contributed by atoms with E-state index < -0.39 is 0 Å². The summed E-state index contributed by atoms with van der Waals surface area (Å²) >= 11 is 0. The maximum absolute atomic E-state index is 5.97. The Morgan fingerprint density at radius 1 is 1.33 bits per heavy atom. The molecule has 2 nitrogen and oxygen atoms in total. The predicted octanol–water partition coefficient (Wildman–Crippen LogP) is 2.24.